The van der Waals surface area contributed by atoms with Crippen LogP contribution < -0.4 is 16.0 Å². The van der Waals surface area contributed by atoms with Gasteiger partial charge in [-0.05, 0) is 48.3 Å². The van der Waals surface area contributed by atoms with Gasteiger partial charge in [0.1, 0.15) is 12.1 Å². The predicted octanol–water partition coefficient (Wildman–Crippen LogP) is 4.38. The van der Waals surface area contributed by atoms with E-state index in [1.165, 1.54) is 4.90 Å². The van der Waals surface area contributed by atoms with Crippen LogP contribution in [0.1, 0.15) is 76.7 Å². The second-order valence-corrected chi connectivity index (χ2v) is 15.5. The molecular formula is C35H44ClN5O7S. The predicted molar refractivity (Wildman–Crippen MR) is 185 cm³/mol. The molecule has 3 N–H and O–H groups in total. The maximum absolute atomic E-state index is 14.5. The molecule has 264 valence electrons. The van der Waals surface area contributed by atoms with Crippen LogP contribution >= 0.6 is 22.9 Å². The van der Waals surface area contributed by atoms with Gasteiger partial charge in [0.2, 0.25) is 17.6 Å². The van der Waals surface area contributed by atoms with Crippen LogP contribution in [0.5, 0.6) is 0 Å². The van der Waals surface area contributed by atoms with Gasteiger partial charge in [0.25, 0.3) is 5.91 Å². The number of likely N-dealkylation sites (tertiary alicyclic amines) is 1. The third-order valence-corrected chi connectivity index (χ3v) is 10.0. The molecule has 0 radical (unpaired) electrons. The van der Waals surface area contributed by atoms with Crippen molar-refractivity contribution in [1.29, 1.82) is 0 Å². The highest BCUT2D eigenvalue weighted by molar-refractivity contribution is 7.09. The summed E-state index contributed by atoms with van der Waals surface area (Å²) in [4.78, 5) is 75.8. The summed E-state index contributed by atoms with van der Waals surface area (Å²) in [5.41, 5.74) is -0.454. The number of thiophene rings is 1. The lowest BCUT2D eigenvalue weighted by Crippen LogP contribution is -2.59. The van der Waals surface area contributed by atoms with E-state index >= 15 is 0 Å². The van der Waals surface area contributed by atoms with E-state index in [1.807, 2.05) is 51.3 Å². The lowest BCUT2D eigenvalue weighted by atomic mass is 9.85. The van der Waals surface area contributed by atoms with Crippen molar-refractivity contribution in [3.8, 4) is 0 Å². The topological polar surface area (TPSA) is 156 Å². The number of ketones is 1. The number of oxime groups is 1. The molecule has 2 fully saturated rings. The number of hydrogen-bond donors (Lipinski definition) is 3. The number of nitrogens with one attached hydrogen (secondary N) is 3. The van der Waals surface area contributed by atoms with Crippen LogP contribution in [-0.2, 0) is 35.2 Å². The lowest BCUT2D eigenvalue weighted by Gasteiger charge is -2.35. The SMILES string of the molecule is CCC[C@@H](NC(=O)[C@H]1C[C@]2(CC(c3cccc(Cl)c3)=NO2)CN1C(=O)[C@@H](NC(=O)OCCc1cccs1)C(C)(C)C)C(=O)C(=O)NC1CC1. The van der Waals surface area contributed by atoms with Crippen LogP contribution in [0.3, 0.4) is 0 Å². The molecule has 2 aromatic rings. The molecule has 0 unspecified atom stereocenters. The third kappa shape index (κ3) is 9.18. The zero-order chi connectivity index (χ0) is 35.3. The summed E-state index contributed by atoms with van der Waals surface area (Å²) < 4.78 is 5.43. The number of halogens is 1. The lowest BCUT2D eigenvalue weighted by molar-refractivity contribution is -0.144. The molecule has 1 aromatic carbocycles. The summed E-state index contributed by atoms with van der Waals surface area (Å²) in [5, 5.41) is 15.0. The minimum absolute atomic E-state index is 0.00622. The summed E-state index contributed by atoms with van der Waals surface area (Å²) in [6.45, 7) is 7.41. The van der Waals surface area contributed by atoms with Crippen molar-refractivity contribution in [3.63, 3.8) is 0 Å². The van der Waals surface area contributed by atoms with Gasteiger partial charge in [-0.15, -0.1) is 11.3 Å². The fourth-order valence-corrected chi connectivity index (χ4v) is 6.97. The van der Waals surface area contributed by atoms with E-state index in [4.69, 9.17) is 21.2 Å². The minimum Gasteiger partial charge on any atom is -0.449 e. The first-order valence-electron chi connectivity index (χ1n) is 16.7. The highest BCUT2D eigenvalue weighted by atomic mass is 35.5. The molecule has 5 rings (SSSR count). The van der Waals surface area contributed by atoms with Gasteiger partial charge in [0.15, 0.2) is 5.60 Å². The average molecular weight is 714 g/mol. The normalized spacial score (nSPS) is 21.4. The Morgan fingerprint density at radius 3 is 2.57 bits per heavy atom. The molecule has 14 heteroatoms. The summed E-state index contributed by atoms with van der Waals surface area (Å²) in [6, 6.07) is 7.80. The molecule has 49 heavy (non-hydrogen) atoms. The van der Waals surface area contributed by atoms with E-state index in [-0.39, 0.29) is 32.0 Å². The largest absolute Gasteiger partial charge is 0.449 e. The van der Waals surface area contributed by atoms with Gasteiger partial charge < -0.3 is 30.4 Å². The quantitative estimate of drug-likeness (QED) is 0.260. The molecule has 12 nitrogen and oxygen atoms in total. The fraction of sp³-hybridized carbons (Fsp3) is 0.543. The van der Waals surface area contributed by atoms with Crippen molar-refractivity contribution >= 4 is 58.2 Å². The molecule has 1 saturated heterocycles. The molecular weight excluding hydrogens is 670 g/mol. The Balaban J connectivity index is 1.36. The van der Waals surface area contributed by atoms with Crippen LogP contribution in [0, 0.1) is 5.41 Å². The van der Waals surface area contributed by atoms with Crippen molar-refractivity contribution in [2.75, 3.05) is 13.2 Å². The Kier molecular flexibility index (Phi) is 11.3. The zero-order valence-electron chi connectivity index (χ0n) is 28.3. The standard InChI is InChI=1S/C35H44ClN5O7S/c1-5-8-25(28(42)31(44)37-23-12-13-23)38-30(43)27-19-35(18-26(40-48-35)21-9-6-10-22(36)17-21)20-41(27)32(45)29(34(2,3)4)39-33(46)47-15-14-24-11-7-16-49-24/h6-7,9-11,16-17,23,25,27,29H,5,8,12-15,18-20H2,1-4H3,(H,37,44)(H,38,43)(H,39,46)/t25-,27-,29-,35-/m1/s1. The molecule has 4 atom stereocenters. The molecule has 1 aliphatic carbocycles. The smallest absolute Gasteiger partial charge is 0.407 e. The summed E-state index contributed by atoms with van der Waals surface area (Å²) in [7, 11) is 0. The highest BCUT2D eigenvalue weighted by Crippen LogP contribution is 2.40. The van der Waals surface area contributed by atoms with Crippen molar-refractivity contribution < 1.29 is 33.5 Å². The second-order valence-electron chi connectivity index (χ2n) is 14.1. The van der Waals surface area contributed by atoms with Crippen LogP contribution in [-0.4, -0.2) is 83.1 Å². The van der Waals surface area contributed by atoms with E-state index < -0.39 is 58.7 Å². The number of benzene rings is 1. The van der Waals surface area contributed by atoms with Crippen molar-refractivity contribution in [2.24, 2.45) is 10.6 Å². The first-order valence-corrected chi connectivity index (χ1v) is 18.0. The van der Waals surface area contributed by atoms with Gasteiger partial charge >= 0.3 is 6.09 Å². The van der Waals surface area contributed by atoms with Crippen LogP contribution in [0.2, 0.25) is 5.02 Å². The summed E-state index contributed by atoms with van der Waals surface area (Å²) >= 11 is 7.79. The second kappa shape index (κ2) is 15.3. The van der Waals surface area contributed by atoms with Gasteiger partial charge in [-0.2, -0.15) is 0 Å². The van der Waals surface area contributed by atoms with Crippen molar-refractivity contribution in [1.82, 2.24) is 20.9 Å². The van der Waals surface area contributed by atoms with Gasteiger partial charge in [0.05, 0.1) is 24.9 Å². The zero-order valence-corrected chi connectivity index (χ0v) is 29.8. The molecule has 2 aliphatic heterocycles. The maximum atomic E-state index is 14.5. The molecule has 0 bridgehead atoms. The number of ether oxygens (including phenoxy) is 1. The van der Waals surface area contributed by atoms with E-state index in [0.717, 1.165) is 23.3 Å². The summed E-state index contributed by atoms with van der Waals surface area (Å²) in [6.07, 6.45) is 2.57. The molecule has 4 amide bonds. The molecule has 1 saturated carbocycles. The van der Waals surface area contributed by atoms with Crippen LogP contribution in [0.15, 0.2) is 46.9 Å². The summed E-state index contributed by atoms with van der Waals surface area (Å²) in [5.74, 6) is -2.56. The number of amides is 4. The van der Waals surface area contributed by atoms with Gasteiger partial charge in [-0.1, -0.05) is 69.1 Å². The van der Waals surface area contributed by atoms with Crippen LogP contribution in [0.4, 0.5) is 4.79 Å². The maximum Gasteiger partial charge on any atom is 0.407 e. The first-order chi connectivity index (χ1) is 23.3. The van der Waals surface area contributed by atoms with E-state index in [9.17, 15) is 24.0 Å². The molecule has 1 aromatic heterocycles. The Labute approximate surface area is 295 Å². The Bertz CT molecular complexity index is 1590. The van der Waals surface area contributed by atoms with E-state index in [1.54, 1.807) is 29.5 Å². The van der Waals surface area contributed by atoms with E-state index in [2.05, 4.69) is 21.1 Å². The van der Waals surface area contributed by atoms with Crippen LogP contribution in [0.25, 0.3) is 0 Å². The number of carbonyl (C=O) groups is 5. The molecule has 3 aliphatic rings. The first kappa shape index (κ1) is 36.3. The Morgan fingerprint density at radius 2 is 1.92 bits per heavy atom. The van der Waals surface area contributed by atoms with Crippen molar-refractivity contribution in [3.05, 3.63) is 57.2 Å². The van der Waals surface area contributed by atoms with Gasteiger partial charge in [-0.25, -0.2) is 4.79 Å². The Hall–Kier alpha value is -3.97. The molecule has 3 heterocycles. The van der Waals surface area contributed by atoms with Gasteiger partial charge in [0, 0.05) is 40.8 Å². The Morgan fingerprint density at radius 1 is 1.14 bits per heavy atom. The molecule has 1 spiro atoms. The number of nitrogens with zero attached hydrogens (tertiary/aromatic N) is 2. The number of carbonyl (C=O) groups excluding carboxylic acids is 5. The third-order valence-electron chi connectivity index (χ3n) is 8.87. The monoisotopic (exact) mass is 713 g/mol. The van der Waals surface area contributed by atoms with Crippen molar-refractivity contribution in [2.45, 2.75) is 102 Å². The number of alkyl carbamates (subject to hydrolysis) is 1. The number of hydrogen-bond acceptors (Lipinski definition) is 9. The minimum atomic E-state index is -1.08. The highest BCUT2D eigenvalue weighted by Gasteiger charge is 2.55. The number of Topliss-reactive ketones (excluding diaryl/α,β-unsaturated/α-hetero) is 1. The number of rotatable bonds is 13. The van der Waals surface area contributed by atoms with E-state index in [0.29, 0.717) is 30.0 Å². The van der Waals surface area contributed by atoms with Gasteiger partial charge in [-0.3, -0.25) is 19.2 Å². The fourth-order valence-electron chi connectivity index (χ4n) is 6.09. The average Bonchev–Trinajstić information content (AvgIpc) is 3.40.